The van der Waals surface area contributed by atoms with Gasteiger partial charge in [0.1, 0.15) is 27.7 Å². The van der Waals surface area contributed by atoms with Crippen molar-refractivity contribution in [3.05, 3.63) is 75.7 Å². The Morgan fingerprint density at radius 1 is 1.28 bits per heavy atom. The Morgan fingerprint density at radius 3 is 2.93 bits per heavy atom. The van der Waals surface area contributed by atoms with E-state index in [0.717, 1.165) is 58.5 Å². The highest BCUT2D eigenvalue weighted by molar-refractivity contribution is 7.20. The molecule has 222 valence electrons. The molecule has 0 bridgehead atoms. The maximum Gasteiger partial charge on any atom is 0.348 e. The molecule has 4 aromatic heterocycles. The Morgan fingerprint density at radius 2 is 2.16 bits per heavy atom. The molecule has 1 aromatic carbocycles. The summed E-state index contributed by atoms with van der Waals surface area (Å²) in [6.07, 6.45) is 6.59. The highest BCUT2D eigenvalue weighted by Crippen LogP contribution is 2.31. The van der Waals surface area contributed by atoms with Crippen LogP contribution in [-0.2, 0) is 29.2 Å². The van der Waals surface area contributed by atoms with Gasteiger partial charge in [-0.3, -0.25) is 4.90 Å². The highest BCUT2D eigenvalue weighted by atomic mass is 35.5. The van der Waals surface area contributed by atoms with Crippen molar-refractivity contribution in [2.24, 2.45) is 0 Å². The molecule has 43 heavy (non-hydrogen) atoms. The van der Waals surface area contributed by atoms with Crippen LogP contribution >= 0.6 is 22.9 Å². The first-order valence-electron chi connectivity index (χ1n) is 13.9. The maximum absolute atomic E-state index is 14.6. The average molecular weight is 624 g/mol. The fourth-order valence-electron chi connectivity index (χ4n) is 5.33. The molecule has 6 heterocycles. The number of aromatic nitrogens is 4. The molecule has 13 heteroatoms. The third kappa shape index (κ3) is 5.51. The summed E-state index contributed by atoms with van der Waals surface area (Å²) in [6.45, 7) is 3.55. The third-order valence-electron chi connectivity index (χ3n) is 7.76. The second kappa shape index (κ2) is 11.7. The summed E-state index contributed by atoms with van der Waals surface area (Å²) in [5, 5.41) is 1.35. The molecule has 2 aliphatic rings. The number of fused-ring (bicyclic) bond motifs is 2. The standard InChI is InChI=1S/C30H27ClFN5O5S/c1-39-30(38)24-12-23-29(43-24)34-25(37(23)14-19-6-10-40-19)15-36-8-4-17(5-9-36)27-33-13-22(32)28(35-27)42-16-18-2-3-21(31)20-7-11-41-26(18)20/h2-4,7,11-13,19H,5-6,8-10,14-16H2,1H3. The Kier molecular flexibility index (Phi) is 7.60. The summed E-state index contributed by atoms with van der Waals surface area (Å²) in [5.41, 5.74) is 3.18. The van der Waals surface area contributed by atoms with Crippen LogP contribution in [0.1, 0.15) is 39.7 Å². The average Bonchev–Trinajstić information content (AvgIpc) is 3.72. The number of methoxy groups -OCH3 is 1. The molecule has 2 aliphatic heterocycles. The number of thiophene rings is 1. The summed E-state index contributed by atoms with van der Waals surface area (Å²) in [7, 11) is 1.38. The van der Waals surface area contributed by atoms with E-state index in [1.165, 1.54) is 18.4 Å². The van der Waals surface area contributed by atoms with Gasteiger partial charge < -0.3 is 23.2 Å². The predicted molar refractivity (Wildman–Crippen MR) is 159 cm³/mol. The largest absolute Gasteiger partial charge is 0.470 e. The minimum Gasteiger partial charge on any atom is -0.470 e. The number of ether oxygens (including phenoxy) is 3. The summed E-state index contributed by atoms with van der Waals surface area (Å²) in [4.78, 5) is 29.2. The van der Waals surface area contributed by atoms with Crippen LogP contribution in [0, 0.1) is 5.82 Å². The topological polar surface area (TPSA) is 105 Å². The number of carbonyl (C=O) groups excluding carboxylic acids is 1. The van der Waals surface area contributed by atoms with Crippen molar-refractivity contribution in [1.29, 1.82) is 0 Å². The molecule has 0 saturated carbocycles. The van der Waals surface area contributed by atoms with E-state index in [9.17, 15) is 9.18 Å². The second-order valence-corrected chi connectivity index (χ2v) is 11.9. The van der Waals surface area contributed by atoms with Crippen molar-refractivity contribution < 1.29 is 27.8 Å². The van der Waals surface area contributed by atoms with Gasteiger partial charge in [-0.2, -0.15) is 9.37 Å². The molecule has 0 N–H and O–H groups in total. The lowest BCUT2D eigenvalue weighted by molar-refractivity contribution is -0.0591. The predicted octanol–water partition coefficient (Wildman–Crippen LogP) is 5.87. The number of esters is 1. The van der Waals surface area contributed by atoms with E-state index >= 15 is 0 Å². The molecule has 0 amide bonds. The zero-order valence-electron chi connectivity index (χ0n) is 23.2. The molecule has 1 unspecified atom stereocenters. The molecule has 7 rings (SSSR count). The van der Waals surface area contributed by atoms with Crippen molar-refractivity contribution in [3.8, 4) is 5.88 Å². The van der Waals surface area contributed by atoms with E-state index in [1.807, 2.05) is 6.07 Å². The normalized spacial score (nSPS) is 17.3. The lowest BCUT2D eigenvalue weighted by atomic mass is 10.1. The van der Waals surface area contributed by atoms with Gasteiger partial charge in [0.05, 0.1) is 49.3 Å². The first kappa shape index (κ1) is 28.0. The molecule has 0 radical (unpaired) electrons. The van der Waals surface area contributed by atoms with E-state index in [-0.39, 0.29) is 24.6 Å². The van der Waals surface area contributed by atoms with Crippen LogP contribution in [0.3, 0.4) is 0 Å². The molecule has 5 aromatic rings. The van der Waals surface area contributed by atoms with Crippen molar-refractivity contribution in [3.63, 3.8) is 0 Å². The van der Waals surface area contributed by atoms with E-state index in [4.69, 9.17) is 35.2 Å². The van der Waals surface area contributed by atoms with Crippen molar-refractivity contribution in [2.45, 2.75) is 38.6 Å². The molecule has 0 aliphatic carbocycles. The number of halogens is 2. The van der Waals surface area contributed by atoms with E-state index in [0.29, 0.717) is 47.4 Å². The monoisotopic (exact) mass is 623 g/mol. The minimum atomic E-state index is -0.635. The summed E-state index contributed by atoms with van der Waals surface area (Å²) >= 11 is 7.57. The number of furan rings is 1. The quantitative estimate of drug-likeness (QED) is 0.186. The lowest BCUT2D eigenvalue weighted by Gasteiger charge is -2.29. The van der Waals surface area contributed by atoms with Gasteiger partial charge >= 0.3 is 5.97 Å². The number of hydrogen-bond acceptors (Lipinski definition) is 10. The van der Waals surface area contributed by atoms with Gasteiger partial charge in [0.15, 0.2) is 5.82 Å². The highest BCUT2D eigenvalue weighted by Gasteiger charge is 2.26. The summed E-state index contributed by atoms with van der Waals surface area (Å²) in [5.74, 6) is 0.251. The number of nitrogens with zero attached hydrogens (tertiary/aromatic N) is 5. The fraction of sp³-hybridized carbons (Fsp3) is 0.333. The Bertz CT molecular complexity index is 1860. The van der Waals surface area contributed by atoms with E-state index in [1.54, 1.807) is 24.5 Å². The van der Waals surface area contributed by atoms with Crippen LogP contribution in [-0.4, -0.2) is 63.3 Å². The van der Waals surface area contributed by atoms with E-state index < -0.39 is 5.82 Å². The zero-order chi connectivity index (χ0) is 29.5. The number of hydrogen-bond donors (Lipinski definition) is 0. The molecule has 10 nitrogen and oxygen atoms in total. The van der Waals surface area contributed by atoms with Gasteiger partial charge in [0.2, 0.25) is 5.82 Å². The third-order valence-corrected chi connectivity index (χ3v) is 9.09. The molecular formula is C30H27ClFN5O5S. The molecular weight excluding hydrogens is 597 g/mol. The second-order valence-electron chi connectivity index (χ2n) is 10.4. The fourth-order valence-corrected chi connectivity index (χ4v) is 6.51. The first-order chi connectivity index (χ1) is 21.0. The van der Waals surface area contributed by atoms with Crippen LogP contribution in [0.4, 0.5) is 4.39 Å². The van der Waals surface area contributed by atoms with Crippen LogP contribution in [0.25, 0.3) is 26.9 Å². The smallest absolute Gasteiger partial charge is 0.348 e. The summed E-state index contributed by atoms with van der Waals surface area (Å²) < 4.78 is 38.7. The van der Waals surface area contributed by atoms with Gasteiger partial charge in [0.25, 0.3) is 5.88 Å². The van der Waals surface area contributed by atoms with Crippen molar-refractivity contribution >= 4 is 55.8 Å². The van der Waals surface area contributed by atoms with Crippen LogP contribution in [0.5, 0.6) is 5.88 Å². The number of imidazole rings is 1. The van der Waals surface area contributed by atoms with Crippen molar-refractivity contribution in [2.75, 3.05) is 26.8 Å². The summed E-state index contributed by atoms with van der Waals surface area (Å²) in [6, 6.07) is 7.18. The number of rotatable bonds is 9. The molecule has 1 atom stereocenters. The Hall–Kier alpha value is -3.84. The Balaban J connectivity index is 1.05. The lowest BCUT2D eigenvalue weighted by Crippen LogP contribution is -2.33. The van der Waals surface area contributed by atoms with Crippen LogP contribution in [0.2, 0.25) is 5.02 Å². The van der Waals surface area contributed by atoms with Gasteiger partial charge in [-0.15, -0.1) is 11.3 Å². The SMILES string of the molecule is COC(=O)c1cc2c(nc(CN3CC=C(c4ncc(F)c(OCc5ccc(Cl)c6ccoc56)n4)CC3)n2CC2CCO2)s1. The first-order valence-corrected chi connectivity index (χ1v) is 15.1. The zero-order valence-corrected chi connectivity index (χ0v) is 24.8. The Labute approximate surface area is 254 Å². The van der Waals surface area contributed by atoms with E-state index in [2.05, 4.69) is 25.5 Å². The number of benzene rings is 1. The van der Waals surface area contributed by atoms with Gasteiger partial charge in [-0.05, 0) is 36.6 Å². The molecule has 0 spiro atoms. The van der Waals surface area contributed by atoms with Crippen molar-refractivity contribution in [1.82, 2.24) is 24.4 Å². The number of carbonyl (C=O) groups is 1. The minimum absolute atomic E-state index is 0.0680. The van der Waals surface area contributed by atoms with Gasteiger partial charge in [-0.25, -0.2) is 14.8 Å². The van der Waals surface area contributed by atoms with Gasteiger partial charge in [0, 0.05) is 30.6 Å². The van der Waals surface area contributed by atoms with Crippen LogP contribution in [0.15, 0.2) is 47.2 Å². The maximum atomic E-state index is 14.6. The molecule has 1 fully saturated rings. The van der Waals surface area contributed by atoms with Gasteiger partial charge in [-0.1, -0.05) is 23.7 Å². The van der Waals surface area contributed by atoms with Crippen LogP contribution < -0.4 is 4.74 Å². The molecule has 1 saturated heterocycles.